The number of para-hydroxylation sites is 1. The van der Waals surface area contributed by atoms with Crippen molar-refractivity contribution in [3.8, 4) is 5.75 Å². The van der Waals surface area contributed by atoms with Gasteiger partial charge in [-0.15, -0.1) is 0 Å². The lowest BCUT2D eigenvalue weighted by molar-refractivity contribution is -0.128. The van der Waals surface area contributed by atoms with Gasteiger partial charge in [-0.1, -0.05) is 23.7 Å². The highest BCUT2D eigenvalue weighted by molar-refractivity contribution is 6.31. The van der Waals surface area contributed by atoms with Crippen molar-refractivity contribution in [3.05, 3.63) is 65.1 Å². The zero-order chi connectivity index (χ0) is 18.7. The van der Waals surface area contributed by atoms with E-state index in [1.807, 2.05) is 0 Å². The summed E-state index contributed by atoms with van der Waals surface area (Å²) in [4.78, 5) is 27.1. The van der Waals surface area contributed by atoms with Crippen LogP contribution in [-0.4, -0.2) is 22.9 Å². The molecule has 1 atom stereocenters. The largest absolute Gasteiger partial charge is 0.478 e. The SMILES string of the molecule is C[C@@H](Oc1ccccc1F)C(=O)NNC(=O)c1cc2cc(Cl)ccc2[nH]1. The summed E-state index contributed by atoms with van der Waals surface area (Å²) in [5.74, 6) is -1.79. The van der Waals surface area contributed by atoms with Gasteiger partial charge >= 0.3 is 0 Å². The molecule has 1 heterocycles. The van der Waals surface area contributed by atoms with Crippen LogP contribution in [0, 0.1) is 5.82 Å². The molecule has 134 valence electrons. The highest BCUT2D eigenvalue weighted by Gasteiger charge is 2.18. The van der Waals surface area contributed by atoms with Crippen molar-refractivity contribution in [1.82, 2.24) is 15.8 Å². The third kappa shape index (κ3) is 3.94. The van der Waals surface area contributed by atoms with Crippen LogP contribution in [0.4, 0.5) is 4.39 Å². The molecule has 3 rings (SSSR count). The Morgan fingerprint density at radius 1 is 1.15 bits per heavy atom. The molecule has 0 fully saturated rings. The summed E-state index contributed by atoms with van der Waals surface area (Å²) >= 11 is 5.91. The predicted molar refractivity (Wildman–Crippen MR) is 95.4 cm³/mol. The molecule has 0 spiro atoms. The number of rotatable bonds is 4. The van der Waals surface area contributed by atoms with Gasteiger partial charge in [-0.2, -0.15) is 0 Å². The normalized spacial score (nSPS) is 11.8. The van der Waals surface area contributed by atoms with E-state index in [2.05, 4.69) is 15.8 Å². The van der Waals surface area contributed by atoms with Crippen LogP contribution in [0.15, 0.2) is 48.5 Å². The number of hydrazine groups is 1. The zero-order valence-corrected chi connectivity index (χ0v) is 14.4. The third-order valence-electron chi connectivity index (χ3n) is 3.64. The van der Waals surface area contributed by atoms with Crippen LogP contribution in [0.1, 0.15) is 17.4 Å². The first-order chi connectivity index (χ1) is 12.4. The lowest BCUT2D eigenvalue weighted by Crippen LogP contribution is -2.47. The van der Waals surface area contributed by atoms with Crippen molar-refractivity contribution >= 4 is 34.3 Å². The average molecular weight is 376 g/mol. The van der Waals surface area contributed by atoms with Crippen molar-refractivity contribution in [3.63, 3.8) is 0 Å². The Bertz CT molecular complexity index is 973. The van der Waals surface area contributed by atoms with Gasteiger partial charge in [-0.25, -0.2) is 4.39 Å². The maximum Gasteiger partial charge on any atom is 0.286 e. The molecule has 0 aliphatic carbocycles. The minimum absolute atomic E-state index is 0.0472. The minimum Gasteiger partial charge on any atom is -0.478 e. The highest BCUT2D eigenvalue weighted by Crippen LogP contribution is 2.20. The van der Waals surface area contributed by atoms with Gasteiger partial charge in [0.1, 0.15) is 5.69 Å². The number of hydrogen-bond acceptors (Lipinski definition) is 3. The molecule has 3 aromatic rings. The molecule has 2 amide bonds. The Labute approximate surface area is 153 Å². The molecular formula is C18H15ClFN3O3. The monoisotopic (exact) mass is 375 g/mol. The second-order valence-electron chi connectivity index (χ2n) is 5.55. The van der Waals surface area contributed by atoms with E-state index in [9.17, 15) is 14.0 Å². The molecule has 8 heteroatoms. The predicted octanol–water partition coefficient (Wildman–Crippen LogP) is 3.19. The number of fused-ring (bicyclic) bond motifs is 1. The van der Waals surface area contributed by atoms with Gasteiger partial charge in [0.15, 0.2) is 17.7 Å². The Kier molecular flexibility index (Phi) is 5.09. The van der Waals surface area contributed by atoms with Crippen LogP contribution in [0.25, 0.3) is 10.9 Å². The number of aromatic nitrogens is 1. The summed E-state index contributed by atoms with van der Waals surface area (Å²) in [7, 11) is 0. The fourth-order valence-electron chi connectivity index (χ4n) is 2.30. The molecule has 0 saturated carbocycles. The lowest BCUT2D eigenvalue weighted by Gasteiger charge is -2.15. The topological polar surface area (TPSA) is 83.2 Å². The fraction of sp³-hybridized carbons (Fsp3) is 0.111. The molecule has 0 bridgehead atoms. The number of hydrogen-bond donors (Lipinski definition) is 3. The van der Waals surface area contributed by atoms with Gasteiger partial charge in [0.25, 0.3) is 11.8 Å². The number of carbonyl (C=O) groups is 2. The van der Waals surface area contributed by atoms with E-state index >= 15 is 0 Å². The van der Waals surface area contributed by atoms with Crippen LogP contribution >= 0.6 is 11.6 Å². The van der Waals surface area contributed by atoms with E-state index in [0.717, 1.165) is 10.9 Å². The van der Waals surface area contributed by atoms with E-state index in [4.69, 9.17) is 16.3 Å². The van der Waals surface area contributed by atoms with Crippen molar-refractivity contribution in [2.75, 3.05) is 0 Å². The van der Waals surface area contributed by atoms with Gasteiger partial charge in [0.2, 0.25) is 0 Å². The van der Waals surface area contributed by atoms with Crippen molar-refractivity contribution in [2.45, 2.75) is 13.0 Å². The summed E-state index contributed by atoms with van der Waals surface area (Å²) in [6.07, 6.45) is -1.01. The van der Waals surface area contributed by atoms with Crippen molar-refractivity contribution < 1.29 is 18.7 Å². The number of nitrogens with one attached hydrogen (secondary N) is 3. The first-order valence-corrected chi connectivity index (χ1v) is 8.11. The highest BCUT2D eigenvalue weighted by atomic mass is 35.5. The van der Waals surface area contributed by atoms with E-state index in [1.165, 1.54) is 25.1 Å². The lowest BCUT2D eigenvalue weighted by atomic mass is 10.2. The zero-order valence-electron chi connectivity index (χ0n) is 13.7. The maximum atomic E-state index is 13.5. The Morgan fingerprint density at radius 2 is 1.92 bits per heavy atom. The Morgan fingerprint density at radius 3 is 2.69 bits per heavy atom. The van der Waals surface area contributed by atoms with E-state index in [-0.39, 0.29) is 11.4 Å². The second kappa shape index (κ2) is 7.45. The van der Waals surface area contributed by atoms with Crippen LogP contribution in [0.2, 0.25) is 5.02 Å². The fourth-order valence-corrected chi connectivity index (χ4v) is 2.48. The van der Waals surface area contributed by atoms with Crippen molar-refractivity contribution in [2.24, 2.45) is 0 Å². The number of carbonyl (C=O) groups excluding carboxylic acids is 2. The maximum absolute atomic E-state index is 13.5. The summed E-state index contributed by atoms with van der Waals surface area (Å²) < 4.78 is 18.8. The number of amides is 2. The molecular weight excluding hydrogens is 361 g/mol. The van der Waals surface area contributed by atoms with Gasteiger partial charge < -0.3 is 9.72 Å². The molecule has 0 unspecified atom stereocenters. The van der Waals surface area contributed by atoms with Gasteiger partial charge in [-0.3, -0.25) is 20.4 Å². The van der Waals surface area contributed by atoms with E-state index < -0.39 is 23.7 Å². The molecule has 26 heavy (non-hydrogen) atoms. The van der Waals surface area contributed by atoms with Crippen LogP contribution < -0.4 is 15.6 Å². The third-order valence-corrected chi connectivity index (χ3v) is 3.87. The van der Waals surface area contributed by atoms with Crippen molar-refractivity contribution in [1.29, 1.82) is 0 Å². The second-order valence-corrected chi connectivity index (χ2v) is 5.98. The number of H-pyrrole nitrogens is 1. The van der Waals surface area contributed by atoms with Crippen LogP contribution in [-0.2, 0) is 4.79 Å². The number of halogens is 2. The first kappa shape index (κ1) is 17.8. The number of aromatic amines is 1. The summed E-state index contributed by atoms with van der Waals surface area (Å²) in [6.45, 7) is 1.44. The van der Waals surface area contributed by atoms with Crippen LogP contribution in [0.3, 0.4) is 0 Å². The van der Waals surface area contributed by atoms with Gasteiger partial charge in [0, 0.05) is 15.9 Å². The summed E-state index contributed by atoms with van der Waals surface area (Å²) in [6, 6.07) is 12.5. The quantitative estimate of drug-likeness (QED) is 0.612. The molecule has 2 aromatic carbocycles. The Balaban J connectivity index is 1.59. The summed E-state index contributed by atoms with van der Waals surface area (Å²) in [5.41, 5.74) is 5.52. The van der Waals surface area contributed by atoms with E-state index in [1.54, 1.807) is 30.3 Å². The van der Waals surface area contributed by atoms with Crippen LogP contribution in [0.5, 0.6) is 5.75 Å². The minimum atomic E-state index is -1.01. The first-order valence-electron chi connectivity index (χ1n) is 7.73. The molecule has 0 aliphatic heterocycles. The molecule has 6 nitrogen and oxygen atoms in total. The molecule has 0 aliphatic rings. The Hall–Kier alpha value is -3.06. The number of benzene rings is 2. The number of ether oxygens (including phenoxy) is 1. The smallest absolute Gasteiger partial charge is 0.286 e. The molecule has 0 radical (unpaired) electrons. The molecule has 1 aromatic heterocycles. The average Bonchev–Trinajstić information content (AvgIpc) is 3.04. The molecule has 0 saturated heterocycles. The molecule has 3 N–H and O–H groups in total. The summed E-state index contributed by atoms with van der Waals surface area (Å²) in [5, 5.41) is 1.32. The van der Waals surface area contributed by atoms with Gasteiger partial charge in [-0.05, 0) is 43.3 Å². The van der Waals surface area contributed by atoms with Gasteiger partial charge in [0.05, 0.1) is 0 Å². The van der Waals surface area contributed by atoms with E-state index in [0.29, 0.717) is 5.02 Å². The standard InChI is InChI=1S/C18H15ClFN3O3/c1-10(26-16-5-3-2-4-13(16)20)17(24)22-23-18(25)15-9-11-8-12(19)6-7-14(11)21-15/h2-10,21H,1H3,(H,22,24)(H,23,25)/t10-/m1/s1.